The minimum atomic E-state index is -0.136. The number of allylic oxidation sites excluding steroid dienone is 1. The number of hydrogen-bond donors (Lipinski definition) is 0. The van der Waals surface area contributed by atoms with Gasteiger partial charge in [0, 0.05) is 14.9 Å². The Bertz CT molecular complexity index is 1340. The number of amides is 1. The lowest BCUT2D eigenvalue weighted by molar-refractivity contribution is -0.113. The lowest BCUT2D eigenvalue weighted by Gasteiger charge is -2.16. The highest BCUT2D eigenvalue weighted by molar-refractivity contribution is 9.10. The molecule has 1 saturated heterocycles. The standard InChI is InChI=1S/C28H24BrNO3S3/c1-4-6-20-13-19(14-24(32-2)26(20)33-17-18-9-11-21(29)12-10-18)15-25-27(31)30(28(34)36-25)22-7-5-8-23(16-22)35-3/h4-5,7-16H,1,6,17H2,2-3H3/b25-15-. The van der Waals surface area contributed by atoms with E-state index in [1.807, 2.05) is 79.1 Å². The van der Waals surface area contributed by atoms with Gasteiger partial charge in [0.05, 0.1) is 17.7 Å². The smallest absolute Gasteiger partial charge is 0.270 e. The van der Waals surface area contributed by atoms with Gasteiger partial charge in [-0.15, -0.1) is 18.3 Å². The maximum absolute atomic E-state index is 13.3. The molecule has 8 heteroatoms. The first-order valence-electron chi connectivity index (χ1n) is 11.0. The number of carbonyl (C=O) groups excluding carboxylic acids is 1. The quantitative estimate of drug-likeness (QED) is 0.108. The first-order chi connectivity index (χ1) is 17.4. The lowest BCUT2D eigenvalue weighted by Crippen LogP contribution is -2.27. The number of carbonyl (C=O) groups is 1. The summed E-state index contributed by atoms with van der Waals surface area (Å²) in [6, 6.07) is 19.7. The number of ether oxygens (including phenoxy) is 2. The van der Waals surface area contributed by atoms with E-state index in [0.29, 0.717) is 33.8 Å². The van der Waals surface area contributed by atoms with E-state index in [9.17, 15) is 4.79 Å². The lowest BCUT2D eigenvalue weighted by atomic mass is 10.0. The molecule has 36 heavy (non-hydrogen) atoms. The van der Waals surface area contributed by atoms with Crippen molar-refractivity contribution in [3.05, 3.63) is 99.4 Å². The maximum Gasteiger partial charge on any atom is 0.270 e. The molecule has 184 valence electrons. The Kier molecular flexibility index (Phi) is 8.95. The van der Waals surface area contributed by atoms with E-state index in [1.165, 1.54) is 11.8 Å². The van der Waals surface area contributed by atoms with Gasteiger partial charge in [-0.05, 0) is 72.3 Å². The summed E-state index contributed by atoms with van der Waals surface area (Å²) in [6.07, 6.45) is 6.27. The Morgan fingerprint density at radius 1 is 1.17 bits per heavy atom. The molecule has 0 N–H and O–H groups in total. The van der Waals surface area contributed by atoms with E-state index in [1.54, 1.807) is 23.8 Å². The summed E-state index contributed by atoms with van der Waals surface area (Å²) in [6.45, 7) is 4.30. The predicted octanol–water partition coefficient (Wildman–Crippen LogP) is 7.89. The van der Waals surface area contributed by atoms with Crippen LogP contribution in [0.15, 0.2) is 87.6 Å². The van der Waals surface area contributed by atoms with Gasteiger partial charge in [-0.3, -0.25) is 9.69 Å². The number of benzene rings is 3. The molecule has 1 amide bonds. The third-order valence-electron chi connectivity index (χ3n) is 5.44. The third-order valence-corrected chi connectivity index (χ3v) is 7.99. The minimum absolute atomic E-state index is 0.136. The van der Waals surface area contributed by atoms with Gasteiger partial charge in [0.1, 0.15) is 6.61 Å². The van der Waals surface area contributed by atoms with Crippen molar-refractivity contribution < 1.29 is 14.3 Å². The Labute approximate surface area is 233 Å². The van der Waals surface area contributed by atoms with Crippen molar-refractivity contribution in [2.45, 2.75) is 17.9 Å². The number of hydrogen-bond acceptors (Lipinski definition) is 6. The topological polar surface area (TPSA) is 38.8 Å². The number of nitrogens with zero attached hydrogens (tertiary/aromatic N) is 1. The Hall–Kier alpha value is -2.52. The normalized spacial score (nSPS) is 14.4. The van der Waals surface area contributed by atoms with Crippen LogP contribution in [0.1, 0.15) is 16.7 Å². The second-order valence-electron chi connectivity index (χ2n) is 7.84. The fraction of sp³-hybridized carbons (Fsp3) is 0.143. The SMILES string of the molecule is C=CCc1cc(/C=C2\SC(=S)N(c3cccc(SC)c3)C2=O)cc(OC)c1OCc1ccc(Br)cc1. The van der Waals surface area contributed by atoms with Gasteiger partial charge in [-0.2, -0.15) is 0 Å². The van der Waals surface area contributed by atoms with Crippen LogP contribution >= 0.6 is 51.7 Å². The number of methoxy groups -OCH3 is 1. The van der Waals surface area contributed by atoms with E-state index in [4.69, 9.17) is 21.7 Å². The Balaban J connectivity index is 1.63. The molecule has 0 atom stereocenters. The van der Waals surface area contributed by atoms with Gasteiger partial charge in [0.25, 0.3) is 5.91 Å². The first kappa shape index (κ1) is 26.5. The summed E-state index contributed by atoms with van der Waals surface area (Å²) in [7, 11) is 1.61. The molecule has 1 aliphatic heterocycles. The Morgan fingerprint density at radius 2 is 1.94 bits per heavy atom. The molecule has 0 aromatic heterocycles. The van der Waals surface area contributed by atoms with Gasteiger partial charge in [0.2, 0.25) is 0 Å². The van der Waals surface area contributed by atoms with Crippen molar-refractivity contribution in [1.82, 2.24) is 0 Å². The van der Waals surface area contributed by atoms with Crippen molar-refractivity contribution in [1.29, 1.82) is 0 Å². The number of thiocarbonyl (C=S) groups is 1. The third kappa shape index (κ3) is 6.06. The summed E-state index contributed by atoms with van der Waals surface area (Å²) in [5.41, 5.74) is 3.58. The minimum Gasteiger partial charge on any atom is -0.493 e. The van der Waals surface area contributed by atoms with Crippen LogP contribution in [0.5, 0.6) is 11.5 Å². The van der Waals surface area contributed by atoms with Crippen LogP contribution in [-0.4, -0.2) is 23.6 Å². The molecule has 0 saturated carbocycles. The molecule has 0 spiro atoms. The van der Waals surface area contributed by atoms with Gasteiger partial charge >= 0.3 is 0 Å². The van der Waals surface area contributed by atoms with Crippen molar-refractivity contribution in [2.75, 3.05) is 18.3 Å². The highest BCUT2D eigenvalue weighted by atomic mass is 79.9. The van der Waals surface area contributed by atoms with Crippen molar-refractivity contribution >= 4 is 73.7 Å². The van der Waals surface area contributed by atoms with Crippen LogP contribution in [-0.2, 0) is 17.8 Å². The van der Waals surface area contributed by atoms with Gasteiger partial charge < -0.3 is 9.47 Å². The molecule has 0 radical (unpaired) electrons. The fourth-order valence-corrected chi connectivity index (χ4v) is 5.73. The molecule has 3 aromatic carbocycles. The molecule has 3 aromatic rings. The Morgan fingerprint density at radius 3 is 2.64 bits per heavy atom. The summed E-state index contributed by atoms with van der Waals surface area (Å²) in [4.78, 5) is 16.5. The molecule has 0 aliphatic carbocycles. The molecule has 4 nitrogen and oxygen atoms in total. The largest absolute Gasteiger partial charge is 0.493 e. The number of rotatable bonds is 9. The van der Waals surface area contributed by atoms with Gasteiger partial charge in [-0.25, -0.2) is 0 Å². The maximum atomic E-state index is 13.3. The monoisotopic (exact) mass is 597 g/mol. The average Bonchev–Trinajstić information content (AvgIpc) is 3.16. The molecule has 1 heterocycles. The van der Waals surface area contributed by atoms with Crippen LogP contribution in [0.2, 0.25) is 0 Å². The highest BCUT2D eigenvalue weighted by Gasteiger charge is 2.33. The van der Waals surface area contributed by atoms with Gasteiger partial charge in [0.15, 0.2) is 15.8 Å². The van der Waals surface area contributed by atoms with Crippen molar-refractivity contribution in [2.24, 2.45) is 0 Å². The van der Waals surface area contributed by atoms with Crippen molar-refractivity contribution in [3.8, 4) is 11.5 Å². The van der Waals surface area contributed by atoms with Crippen LogP contribution < -0.4 is 14.4 Å². The van der Waals surface area contributed by atoms with E-state index in [0.717, 1.165) is 31.7 Å². The fourth-order valence-electron chi connectivity index (χ4n) is 3.72. The molecular weight excluding hydrogens is 574 g/mol. The van der Waals surface area contributed by atoms with E-state index >= 15 is 0 Å². The molecule has 4 rings (SSSR count). The average molecular weight is 599 g/mol. The molecule has 0 bridgehead atoms. The van der Waals surface area contributed by atoms with Gasteiger partial charge in [-0.1, -0.05) is 64.2 Å². The zero-order valence-corrected chi connectivity index (χ0v) is 23.9. The van der Waals surface area contributed by atoms with E-state index in [-0.39, 0.29) is 5.91 Å². The summed E-state index contributed by atoms with van der Waals surface area (Å²) in [5.74, 6) is 1.13. The molecule has 1 fully saturated rings. The summed E-state index contributed by atoms with van der Waals surface area (Å²) >= 11 is 11.9. The van der Waals surface area contributed by atoms with Crippen molar-refractivity contribution in [3.63, 3.8) is 0 Å². The summed E-state index contributed by atoms with van der Waals surface area (Å²) < 4.78 is 13.4. The van der Waals surface area contributed by atoms with E-state index < -0.39 is 0 Å². The second-order valence-corrected chi connectivity index (χ2v) is 11.3. The zero-order chi connectivity index (χ0) is 25.7. The van der Waals surface area contributed by atoms with Crippen LogP contribution in [0.3, 0.4) is 0 Å². The van der Waals surface area contributed by atoms with Crippen LogP contribution in [0.25, 0.3) is 6.08 Å². The molecule has 0 unspecified atom stereocenters. The second kappa shape index (κ2) is 12.1. The van der Waals surface area contributed by atoms with Crippen LogP contribution in [0, 0.1) is 0 Å². The first-order valence-corrected chi connectivity index (χ1v) is 14.3. The summed E-state index contributed by atoms with van der Waals surface area (Å²) in [5, 5.41) is 0. The number of anilines is 1. The van der Waals surface area contributed by atoms with Crippen LogP contribution in [0.4, 0.5) is 5.69 Å². The predicted molar refractivity (Wildman–Crippen MR) is 159 cm³/mol. The number of halogens is 1. The highest BCUT2D eigenvalue weighted by Crippen LogP contribution is 2.39. The molecular formula is C28H24BrNO3S3. The van der Waals surface area contributed by atoms with E-state index in [2.05, 4.69) is 22.5 Å². The number of thioether (sulfide) groups is 2. The zero-order valence-electron chi connectivity index (χ0n) is 19.8. The molecule has 1 aliphatic rings.